The third-order valence-corrected chi connectivity index (χ3v) is 5.66. The fraction of sp³-hybridized carbons (Fsp3) is 0.273. The maximum absolute atomic E-state index is 11.4. The average molecular weight is 397 g/mol. The Morgan fingerprint density at radius 1 is 1.25 bits per heavy atom. The van der Waals surface area contributed by atoms with Crippen molar-refractivity contribution < 1.29 is 14.6 Å². The second kappa shape index (κ2) is 9.48. The molecule has 28 heavy (non-hydrogen) atoms. The van der Waals surface area contributed by atoms with Crippen molar-refractivity contribution in [3.05, 3.63) is 70.2 Å². The van der Waals surface area contributed by atoms with Gasteiger partial charge < -0.3 is 15.2 Å². The standard InChI is InChI=1S/C22H24N2O3S/c1-15-19(9-12-28-15)17-5-3-16(4-6-17)18(8-11-27-2)13-24-21-14-23-10-7-20(21)22(25)26/h3-7,9-10,12,14,18,24H,8,11,13H2,1-2H3,(H,25,26)/t18-/m1/s1. The zero-order valence-corrected chi connectivity index (χ0v) is 16.8. The van der Waals surface area contributed by atoms with Crippen LogP contribution in [0.25, 0.3) is 11.1 Å². The first-order valence-electron chi connectivity index (χ1n) is 9.14. The van der Waals surface area contributed by atoms with Gasteiger partial charge in [-0.2, -0.15) is 0 Å². The lowest BCUT2D eigenvalue weighted by Gasteiger charge is -2.19. The molecule has 0 fully saturated rings. The molecule has 0 radical (unpaired) electrons. The molecule has 1 atom stereocenters. The van der Waals surface area contributed by atoms with E-state index in [1.165, 1.54) is 33.8 Å². The van der Waals surface area contributed by atoms with Gasteiger partial charge in [0.1, 0.15) is 0 Å². The van der Waals surface area contributed by atoms with Crippen LogP contribution in [0.2, 0.25) is 0 Å². The minimum atomic E-state index is -0.964. The average Bonchev–Trinajstić information content (AvgIpc) is 3.14. The molecule has 0 amide bonds. The number of aromatic nitrogens is 1. The first kappa shape index (κ1) is 20.0. The van der Waals surface area contributed by atoms with Crippen LogP contribution in [0.4, 0.5) is 5.69 Å². The van der Waals surface area contributed by atoms with Crippen molar-refractivity contribution in [1.82, 2.24) is 4.98 Å². The highest BCUT2D eigenvalue weighted by atomic mass is 32.1. The number of thiophene rings is 1. The number of nitrogens with zero attached hydrogens (tertiary/aromatic N) is 1. The highest BCUT2D eigenvalue weighted by molar-refractivity contribution is 7.10. The molecule has 1 aromatic carbocycles. The normalized spacial score (nSPS) is 11.9. The molecule has 0 saturated carbocycles. The number of aromatic carboxylic acids is 1. The third-order valence-electron chi connectivity index (χ3n) is 4.81. The Kier molecular flexibility index (Phi) is 6.79. The molecule has 146 valence electrons. The fourth-order valence-corrected chi connectivity index (χ4v) is 3.94. The second-order valence-electron chi connectivity index (χ2n) is 6.60. The predicted molar refractivity (Wildman–Crippen MR) is 113 cm³/mol. The number of rotatable bonds is 9. The van der Waals surface area contributed by atoms with Crippen molar-refractivity contribution in [3.8, 4) is 11.1 Å². The lowest BCUT2D eigenvalue weighted by atomic mass is 9.93. The Morgan fingerprint density at radius 3 is 2.68 bits per heavy atom. The van der Waals surface area contributed by atoms with Crippen molar-refractivity contribution in [2.24, 2.45) is 0 Å². The molecule has 0 bridgehead atoms. The summed E-state index contributed by atoms with van der Waals surface area (Å²) < 4.78 is 5.27. The molecule has 3 aromatic rings. The van der Waals surface area contributed by atoms with Gasteiger partial charge in [-0.05, 0) is 47.5 Å². The summed E-state index contributed by atoms with van der Waals surface area (Å²) in [5.41, 5.74) is 4.43. The number of benzene rings is 1. The molecule has 0 spiro atoms. The van der Waals surface area contributed by atoms with Crippen molar-refractivity contribution in [2.45, 2.75) is 19.3 Å². The number of aryl methyl sites for hydroxylation is 1. The van der Waals surface area contributed by atoms with Crippen LogP contribution in [0.5, 0.6) is 0 Å². The minimum absolute atomic E-state index is 0.194. The van der Waals surface area contributed by atoms with Crippen molar-refractivity contribution in [2.75, 3.05) is 25.6 Å². The SMILES string of the molecule is COCC[C@H](CNc1cnccc1C(=O)O)c1ccc(-c2ccsc2C)cc1. The fourth-order valence-electron chi connectivity index (χ4n) is 3.22. The van der Waals surface area contributed by atoms with Gasteiger partial charge in [0.25, 0.3) is 0 Å². The molecular formula is C22H24N2O3S. The van der Waals surface area contributed by atoms with Gasteiger partial charge >= 0.3 is 5.97 Å². The van der Waals surface area contributed by atoms with Crippen LogP contribution in [-0.2, 0) is 4.74 Å². The summed E-state index contributed by atoms with van der Waals surface area (Å²) in [5.74, 6) is -0.770. The number of carbonyl (C=O) groups is 1. The van der Waals surface area contributed by atoms with Crippen LogP contribution < -0.4 is 5.32 Å². The summed E-state index contributed by atoms with van der Waals surface area (Å²) in [5, 5.41) is 14.7. The van der Waals surface area contributed by atoms with Crippen LogP contribution in [0.3, 0.4) is 0 Å². The quantitative estimate of drug-likeness (QED) is 0.530. The van der Waals surface area contributed by atoms with Gasteiger partial charge in [0.15, 0.2) is 0 Å². The van der Waals surface area contributed by atoms with E-state index in [0.29, 0.717) is 18.8 Å². The molecule has 3 rings (SSSR count). The van der Waals surface area contributed by atoms with E-state index in [-0.39, 0.29) is 11.5 Å². The van der Waals surface area contributed by atoms with Crippen molar-refractivity contribution in [3.63, 3.8) is 0 Å². The Morgan fingerprint density at radius 2 is 2.04 bits per heavy atom. The predicted octanol–water partition coefficient (Wildman–Crippen LogP) is 5.05. The highest BCUT2D eigenvalue weighted by Crippen LogP contribution is 2.30. The van der Waals surface area contributed by atoms with Gasteiger partial charge in [0.05, 0.1) is 17.4 Å². The van der Waals surface area contributed by atoms with Crippen LogP contribution in [0, 0.1) is 6.92 Å². The summed E-state index contributed by atoms with van der Waals surface area (Å²) in [6, 6.07) is 12.3. The molecule has 2 aromatic heterocycles. The van der Waals surface area contributed by atoms with E-state index >= 15 is 0 Å². The first-order valence-corrected chi connectivity index (χ1v) is 10.0. The van der Waals surface area contributed by atoms with Gasteiger partial charge in [-0.3, -0.25) is 4.98 Å². The van der Waals surface area contributed by atoms with E-state index in [9.17, 15) is 9.90 Å². The molecule has 2 heterocycles. The van der Waals surface area contributed by atoms with E-state index in [1.807, 2.05) is 0 Å². The molecular weight excluding hydrogens is 372 g/mol. The summed E-state index contributed by atoms with van der Waals surface area (Å²) in [6.45, 7) is 3.37. The maximum atomic E-state index is 11.4. The van der Waals surface area contributed by atoms with Gasteiger partial charge in [-0.1, -0.05) is 24.3 Å². The number of nitrogens with one attached hydrogen (secondary N) is 1. The molecule has 0 aliphatic heterocycles. The zero-order chi connectivity index (χ0) is 19.9. The Bertz CT molecular complexity index is 922. The number of anilines is 1. The largest absolute Gasteiger partial charge is 0.478 e. The van der Waals surface area contributed by atoms with Gasteiger partial charge in [-0.25, -0.2) is 4.79 Å². The summed E-state index contributed by atoms with van der Waals surface area (Å²) in [6.07, 6.45) is 3.88. The molecule has 0 aliphatic rings. The maximum Gasteiger partial charge on any atom is 0.337 e. The lowest BCUT2D eigenvalue weighted by molar-refractivity contribution is 0.0697. The van der Waals surface area contributed by atoms with Gasteiger partial charge in [0, 0.05) is 37.3 Å². The van der Waals surface area contributed by atoms with E-state index in [1.54, 1.807) is 24.6 Å². The Balaban J connectivity index is 1.77. The number of pyridine rings is 1. The number of methoxy groups -OCH3 is 1. The molecule has 6 heteroatoms. The van der Waals surface area contributed by atoms with E-state index in [2.05, 4.69) is 52.9 Å². The molecule has 2 N–H and O–H groups in total. The monoisotopic (exact) mass is 396 g/mol. The second-order valence-corrected chi connectivity index (χ2v) is 7.72. The summed E-state index contributed by atoms with van der Waals surface area (Å²) in [7, 11) is 1.69. The Labute approximate surface area is 169 Å². The topological polar surface area (TPSA) is 71.5 Å². The smallest absolute Gasteiger partial charge is 0.337 e. The van der Waals surface area contributed by atoms with Gasteiger partial charge in [0.2, 0.25) is 0 Å². The minimum Gasteiger partial charge on any atom is -0.478 e. The number of carboxylic acid groups (broad SMARTS) is 1. The highest BCUT2D eigenvalue weighted by Gasteiger charge is 2.15. The van der Waals surface area contributed by atoms with Crippen LogP contribution >= 0.6 is 11.3 Å². The lowest BCUT2D eigenvalue weighted by Crippen LogP contribution is -2.16. The first-order chi connectivity index (χ1) is 13.6. The number of ether oxygens (including phenoxy) is 1. The number of hydrogen-bond acceptors (Lipinski definition) is 5. The third kappa shape index (κ3) is 4.77. The van der Waals surface area contributed by atoms with Crippen LogP contribution in [-0.4, -0.2) is 36.3 Å². The van der Waals surface area contributed by atoms with Crippen LogP contribution in [0.1, 0.15) is 33.1 Å². The molecule has 5 nitrogen and oxygen atoms in total. The summed E-state index contributed by atoms with van der Waals surface area (Å²) >= 11 is 1.75. The zero-order valence-electron chi connectivity index (χ0n) is 16.0. The van der Waals surface area contributed by atoms with E-state index in [4.69, 9.17) is 4.74 Å². The van der Waals surface area contributed by atoms with E-state index < -0.39 is 5.97 Å². The summed E-state index contributed by atoms with van der Waals surface area (Å²) in [4.78, 5) is 16.7. The molecule has 0 unspecified atom stereocenters. The van der Waals surface area contributed by atoms with Crippen LogP contribution in [0.15, 0.2) is 54.2 Å². The number of hydrogen-bond donors (Lipinski definition) is 2. The van der Waals surface area contributed by atoms with Crippen molar-refractivity contribution in [1.29, 1.82) is 0 Å². The van der Waals surface area contributed by atoms with Gasteiger partial charge in [-0.15, -0.1) is 11.3 Å². The molecule has 0 aliphatic carbocycles. The molecule has 0 saturated heterocycles. The van der Waals surface area contributed by atoms with E-state index in [0.717, 1.165) is 6.42 Å². The van der Waals surface area contributed by atoms with Crippen molar-refractivity contribution >= 4 is 23.0 Å². The Hall–Kier alpha value is -2.70. The number of carboxylic acids is 1.